The average molecular weight is 364 g/mol. The monoisotopic (exact) mass is 363 g/mol. The van der Waals surface area contributed by atoms with Crippen LogP contribution in [0.2, 0.25) is 5.02 Å². The predicted molar refractivity (Wildman–Crippen MR) is 91.7 cm³/mol. The molecule has 3 rings (SSSR count). The minimum absolute atomic E-state index is 0.0863. The molecule has 0 unspecified atom stereocenters. The molecule has 2 amide bonds. The molecule has 9 heteroatoms. The number of carbonyl (C=O) groups excluding carboxylic acids is 2. The van der Waals surface area contributed by atoms with Crippen LogP contribution in [-0.4, -0.2) is 50.0 Å². The van der Waals surface area contributed by atoms with Crippen molar-refractivity contribution in [3.05, 3.63) is 52.3 Å². The summed E-state index contributed by atoms with van der Waals surface area (Å²) in [5.74, 6) is -0.320. The lowest BCUT2D eigenvalue weighted by atomic mass is 10.3. The Morgan fingerprint density at radius 2 is 1.96 bits per heavy atom. The van der Waals surface area contributed by atoms with Crippen LogP contribution in [0.5, 0.6) is 0 Å². The van der Waals surface area contributed by atoms with Crippen LogP contribution in [0.25, 0.3) is 5.69 Å². The molecule has 0 atom stereocenters. The molecule has 124 valence electrons. The quantitative estimate of drug-likeness (QED) is 0.777. The summed E-state index contributed by atoms with van der Waals surface area (Å²) >= 11 is 6.78. The Labute approximate surface area is 147 Å². The third-order valence-electron chi connectivity index (χ3n) is 3.20. The van der Waals surface area contributed by atoms with Crippen molar-refractivity contribution in [2.75, 3.05) is 14.1 Å². The Balaban J connectivity index is 1.76. The summed E-state index contributed by atoms with van der Waals surface area (Å²) < 4.78 is 1.57. The fraction of sp³-hybridized carbons (Fsp3) is 0.200. The zero-order valence-corrected chi connectivity index (χ0v) is 14.6. The highest BCUT2D eigenvalue weighted by atomic mass is 35.5. The molecule has 1 aromatic carbocycles. The standard InChI is InChI=1S/C15H14ClN5O2S/c1-19(2)9-13-14(22)20(15(23)24-13)7-11-8-21(18-17-11)12-5-3-10(16)4-6-12/h3-6,8-9H,7H2,1-2H3/b13-9-. The van der Waals surface area contributed by atoms with Crippen LogP contribution in [0.3, 0.4) is 0 Å². The molecule has 1 aromatic heterocycles. The van der Waals surface area contributed by atoms with E-state index in [1.807, 2.05) is 0 Å². The number of rotatable bonds is 4. The number of amides is 2. The molecule has 1 aliphatic rings. The number of thioether (sulfide) groups is 1. The minimum atomic E-state index is -0.320. The van der Waals surface area contributed by atoms with E-state index >= 15 is 0 Å². The Bertz CT molecular complexity index is 816. The number of halogens is 1. The lowest BCUT2D eigenvalue weighted by molar-refractivity contribution is -0.123. The maximum absolute atomic E-state index is 12.3. The minimum Gasteiger partial charge on any atom is -0.382 e. The van der Waals surface area contributed by atoms with Gasteiger partial charge < -0.3 is 4.90 Å². The van der Waals surface area contributed by atoms with Crippen molar-refractivity contribution >= 4 is 34.5 Å². The molecule has 2 heterocycles. The molecule has 0 aliphatic carbocycles. The Kier molecular flexibility index (Phi) is 4.59. The first-order valence-electron chi connectivity index (χ1n) is 7.03. The molecular formula is C15H14ClN5O2S. The summed E-state index contributed by atoms with van der Waals surface area (Å²) in [6.45, 7) is 0.0863. The second kappa shape index (κ2) is 6.66. The summed E-state index contributed by atoms with van der Waals surface area (Å²) in [6, 6.07) is 7.11. The van der Waals surface area contributed by atoms with E-state index in [4.69, 9.17) is 11.6 Å². The molecule has 0 saturated carbocycles. The van der Waals surface area contributed by atoms with Gasteiger partial charge in [-0.3, -0.25) is 14.5 Å². The molecule has 2 aromatic rings. The van der Waals surface area contributed by atoms with Gasteiger partial charge in [0.15, 0.2) is 0 Å². The lowest BCUT2D eigenvalue weighted by Crippen LogP contribution is -2.28. The third kappa shape index (κ3) is 3.44. The Morgan fingerprint density at radius 1 is 1.25 bits per heavy atom. The van der Waals surface area contributed by atoms with Gasteiger partial charge in [-0.05, 0) is 36.0 Å². The van der Waals surface area contributed by atoms with E-state index in [1.165, 1.54) is 0 Å². The third-order valence-corrected chi connectivity index (χ3v) is 4.35. The van der Waals surface area contributed by atoms with Gasteiger partial charge in [0.2, 0.25) is 0 Å². The number of carbonyl (C=O) groups is 2. The van der Waals surface area contributed by atoms with Gasteiger partial charge in [0.05, 0.1) is 23.3 Å². The van der Waals surface area contributed by atoms with E-state index in [2.05, 4.69) is 10.3 Å². The molecule has 0 bridgehead atoms. The van der Waals surface area contributed by atoms with Gasteiger partial charge in [-0.15, -0.1) is 5.10 Å². The van der Waals surface area contributed by atoms with Crippen LogP contribution in [0.15, 0.2) is 41.6 Å². The van der Waals surface area contributed by atoms with Gasteiger partial charge in [0.1, 0.15) is 5.69 Å². The van der Waals surface area contributed by atoms with E-state index in [0.29, 0.717) is 15.6 Å². The van der Waals surface area contributed by atoms with Crippen LogP contribution in [0.1, 0.15) is 5.69 Å². The maximum Gasteiger partial charge on any atom is 0.293 e. The second-order valence-corrected chi connectivity index (χ2v) is 6.78. The van der Waals surface area contributed by atoms with Crippen LogP contribution < -0.4 is 0 Å². The van der Waals surface area contributed by atoms with Crippen molar-refractivity contribution in [1.82, 2.24) is 24.8 Å². The lowest BCUT2D eigenvalue weighted by Gasteiger charge is -2.10. The van der Waals surface area contributed by atoms with Crippen molar-refractivity contribution in [3.8, 4) is 5.69 Å². The zero-order valence-electron chi connectivity index (χ0n) is 13.0. The van der Waals surface area contributed by atoms with E-state index in [-0.39, 0.29) is 17.7 Å². The first kappa shape index (κ1) is 16.5. The van der Waals surface area contributed by atoms with Crippen molar-refractivity contribution < 1.29 is 9.59 Å². The van der Waals surface area contributed by atoms with Crippen molar-refractivity contribution in [1.29, 1.82) is 0 Å². The predicted octanol–water partition coefficient (Wildman–Crippen LogP) is 2.52. The number of hydrogen-bond donors (Lipinski definition) is 0. The molecule has 24 heavy (non-hydrogen) atoms. The first-order valence-corrected chi connectivity index (χ1v) is 8.22. The summed E-state index contributed by atoms with van der Waals surface area (Å²) in [5, 5.41) is 8.37. The van der Waals surface area contributed by atoms with Crippen LogP contribution in [-0.2, 0) is 11.3 Å². The number of nitrogens with zero attached hydrogens (tertiary/aromatic N) is 5. The largest absolute Gasteiger partial charge is 0.382 e. The fourth-order valence-electron chi connectivity index (χ4n) is 2.11. The number of hydrogen-bond acceptors (Lipinski definition) is 6. The smallest absolute Gasteiger partial charge is 0.293 e. The van der Waals surface area contributed by atoms with E-state index in [9.17, 15) is 9.59 Å². The molecule has 1 aliphatic heterocycles. The maximum atomic E-state index is 12.3. The van der Waals surface area contributed by atoms with Gasteiger partial charge in [-0.2, -0.15) is 0 Å². The molecule has 7 nitrogen and oxygen atoms in total. The summed E-state index contributed by atoms with van der Waals surface area (Å²) in [4.78, 5) is 27.6. The van der Waals surface area contributed by atoms with E-state index in [0.717, 1.165) is 22.3 Å². The van der Waals surface area contributed by atoms with Crippen molar-refractivity contribution in [2.24, 2.45) is 0 Å². The number of imide groups is 1. The molecular weight excluding hydrogens is 350 g/mol. The Morgan fingerprint density at radius 3 is 2.62 bits per heavy atom. The van der Waals surface area contributed by atoms with Crippen LogP contribution in [0, 0.1) is 0 Å². The molecule has 0 radical (unpaired) electrons. The van der Waals surface area contributed by atoms with Gasteiger partial charge in [0, 0.05) is 25.3 Å². The van der Waals surface area contributed by atoms with Crippen LogP contribution in [0.4, 0.5) is 4.79 Å². The summed E-state index contributed by atoms with van der Waals surface area (Å²) in [5.41, 5.74) is 1.32. The number of aromatic nitrogens is 3. The van der Waals surface area contributed by atoms with Crippen molar-refractivity contribution in [3.63, 3.8) is 0 Å². The SMILES string of the molecule is CN(C)/C=C1\SC(=O)N(Cc2cn(-c3ccc(Cl)cc3)nn2)C1=O. The molecule has 0 N–H and O–H groups in total. The zero-order chi connectivity index (χ0) is 17.3. The highest BCUT2D eigenvalue weighted by Gasteiger charge is 2.35. The van der Waals surface area contributed by atoms with Gasteiger partial charge in [0.25, 0.3) is 11.1 Å². The van der Waals surface area contributed by atoms with Crippen LogP contribution >= 0.6 is 23.4 Å². The molecule has 1 fully saturated rings. The fourth-order valence-corrected chi connectivity index (χ4v) is 3.15. The van der Waals surface area contributed by atoms with E-state index in [1.54, 1.807) is 60.3 Å². The highest BCUT2D eigenvalue weighted by Crippen LogP contribution is 2.31. The summed E-state index contributed by atoms with van der Waals surface area (Å²) in [7, 11) is 3.59. The normalized spacial score (nSPS) is 16.3. The van der Waals surface area contributed by atoms with E-state index < -0.39 is 0 Å². The summed E-state index contributed by atoms with van der Waals surface area (Å²) in [6.07, 6.45) is 3.32. The topological polar surface area (TPSA) is 71.3 Å². The van der Waals surface area contributed by atoms with Gasteiger partial charge in [-0.1, -0.05) is 16.8 Å². The molecule has 1 saturated heterocycles. The second-order valence-electron chi connectivity index (χ2n) is 5.35. The van der Waals surface area contributed by atoms with Gasteiger partial charge in [-0.25, -0.2) is 4.68 Å². The Hall–Kier alpha value is -2.32. The number of benzene rings is 1. The highest BCUT2D eigenvalue weighted by molar-refractivity contribution is 8.18. The van der Waals surface area contributed by atoms with Crippen molar-refractivity contribution in [2.45, 2.75) is 6.54 Å². The average Bonchev–Trinajstić information content (AvgIpc) is 3.09. The van der Waals surface area contributed by atoms with Gasteiger partial charge >= 0.3 is 0 Å². The molecule has 0 spiro atoms. The first-order chi connectivity index (χ1) is 11.4.